The van der Waals surface area contributed by atoms with Gasteiger partial charge in [-0.3, -0.25) is 33.9 Å². The first-order chi connectivity index (χ1) is 33.1. The third-order valence-corrected chi connectivity index (χ3v) is 12.3. The third kappa shape index (κ3) is 15.8. The first-order valence-electron chi connectivity index (χ1n) is 23.9. The fourth-order valence-corrected chi connectivity index (χ4v) is 8.26. The number of esters is 1. The van der Waals surface area contributed by atoms with E-state index in [1.807, 2.05) is 87.5 Å². The van der Waals surface area contributed by atoms with Crippen molar-refractivity contribution in [3.05, 3.63) is 107 Å². The monoisotopic (exact) mass is 951 g/mol. The molecule has 0 unspecified atom stereocenters. The molecule has 4 amide bonds. The quantitative estimate of drug-likeness (QED) is 0.0263. The smallest absolute Gasteiger partial charge is 0.311 e. The second-order valence-corrected chi connectivity index (χ2v) is 18.7. The molecule has 4 aromatic rings. The number of nitrogens with zero attached hydrogens (tertiary/aromatic N) is 3. The second kappa shape index (κ2) is 24.7. The van der Waals surface area contributed by atoms with Crippen LogP contribution in [-0.4, -0.2) is 124 Å². The number of quaternary nitrogens is 1. The average molecular weight is 952 g/mol. The van der Waals surface area contributed by atoms with Gasteiger partial charge in [-0.15, -0.1) is 5.10 Å². The maximum absolute atomic E-state index is 14.3. The molecular weight excluding hydrogens is 885 g/mol. The van der Waals surface area contributed by atoms with E-state index in [9.17, 15) is 28.8 Å². The number of hydrogen-bond donors (Lipinski definition) is 5. The molecule has 370 valence electrons. The van der Waals surface area contributed by atoms with Crippen molar-refractivity contribution in [1.82, 2.24) is 36.7 Å². The topological polar surface area (TPSA) is 232 Å². The zero-order valence-corrected chi connectivity index (χ0v) is 40.3. The molecule has 6 rings (SSSR count). The first kappa shape index (κ1) is 51.9. The van der Waals surface area contributed by atoms with Crippen LogP contribution in [0.4, 0.5) is 0 Å². The number of carbonyl (C=O) groups excluding carboxylic acids is 6. The molecule has 5 atom stereocenters. The highest BCUT2D eigenvalue weighted by Crippen LogP contribution is 2.32. The summed E-state index contributed by atoms with van der Waals surface area (Å²) in [6.45, 7) is 11.6. The molecule has 3 aromatic carbocycles. The molecule has 0 saturated carbocycles. The number of epoxide rings is 1. The lowest BCUT2D eigenvalue weighted by Crippen LogP contribution is -2.60. The van der Waals surface area contributed by atoms with E-state index in [-0.39, 0.29) is 68.3 Å². The van der Waals surface area contributed by atoms with Gasteiger partial charge in [0.2, 0.25) is 17.7 Å². The van der Waals surface area contributed by atoms with Gasteiger partial charge in [0.15, 0.2) is 23.8 Å². The van der Waals surface area contributed by atoms with E-state index in [0.29, 0.717) is 68.0 Å². The van der Waals surface area contributed by atoms with Crippen molar-refractivity contribution in [1.29, 1.82) is 0 Å². The van der Waals surface area contributed by atoms with E-state index in [2.05, 4.69) is 36.7 Å². The molecule has 18 heteroatoms. The van der Waals surface area contributed by atoms with Crippen LogP contribution in [0.2, 0.25) is 0 Å². The number of rotatable bonds is 26. The number of Topliss-reactive ketones (excluding diaryl/α,β-unsaturated/α-hetero) is 1. The highest BCUT2D eigenvalue weighted by Gasteiger charge is 2.50. The molecule has 1 aromatic heterocycles. The lowest BCUT2D eigenvalue weighted by Gasteiger charge is -2.41. The van der Waals surface area contributed by atoms with E-state index in [4.69, 9.17) is 18.9 Å². The number of ether oxygens (including phenoxy) is 4. The van der Waals surface area contributed by atoms with Crippen LogP contribution in [-0.2, 0) is 64.2 Å². The standard InChI is InChI=1S/C51H66N8O10/c1-6-13-46(61)69-43-21-19-38(28-44(43)67-32-39-29-52-58-57-39)30-59(22-24-66-25-23-59)31-45(60)54-40(20-18-36-14-9-7-10-15-36)49(64)53-35(4)48(63)56-42(27-37-16-11-8-12-17-37)50(65)55-41(26-34(2)3)47(62)51(5)33-68-51/h7-12,14-17,19,21,28-29,34-35,40-42H,6,13,18,20,22-27,30-33H2,1-5H3,(H4-,52,53,54,55,56,57,58,60,63,64,65)/p+1/t35-,40-,41-,42-,51+/m0/s1. The summed E-state index contributed by atoms with van der Waals surface area (Å²) in [5.41, 5.74) is 2.16. The molecule has 0 spiro atoms. The summed E-state index contributed by atoms with van der Waals surface area (Å²) >= 11 is 0. The number of morpholine rings is 1. The van der Waals surface area contributed by atoms with Gasteiger partial charge in [0, 0.05) is 24.6 Å². The minimum atomic E-state index is -1.12. The summed E-state index contributed by atoms with van der Waals surface area (Å²) < 4.78 is 23.2. The van der Waals surface area contributed by atoms with Crippen molar-refractivity contribution in [3.63, 3.8) is 0 Å². The van der Waals surface area contributed by atoms with Gasteiger partial charge in [-0.1, -0.05) is 86.6 Å². The maximum atomic E-state index is 14.3. The second-order valence-electron chi connectivity index (χ2n) is 18.7. The zero-order valence-electron chi connectivity index (χ0n) is 40.3. The predicted molar refractivity (Wildman–Crippen MR) is 254 cm³/mol. The number of amides is 4. The van der Waals surface area contributed by atoms with E-state index >= 15 is 0 Å². The fourth-order valence-electron chi connectivity index (χ4n) is 8.26. The molecule has 0 bridgehead atoms. The van der Waals surface area contributed by atoms with E-state index < -0.39 is 47.5 Å². The normalized spacial score (nSPS) is 17.9. The number of nitrogens with one attached hydrogen (secondary N) is 5. The number of hydrogen-bond acceptors (Lipinski definition) is 12. The minimum absolute atomic E-state index is 0.0126. The van der Waals surface area contributed by atoms with Gasteiger partial charge >= 0.3 is 5.97 Å². The molecule has 0 radical (unpaired) electrons. The Morgan fingerprint density at radius 1 is 0.797 bits per heavy atom. The summed E-state index contributed by atoms with van der Waals surface area (Å²) in [7, 11) is 0. The van der Waals surface area contributed by atoms with E-state index in [0.717, 1.165) is 16.7 Å². The van der Waals surface area contributed by atoms with Crippen molar-refractivity contribution < 1.29 is 52.2 Å². The molecule has 3 heterocycles. The van der Waals surface area contributed by atoms with Crippen LogP contribution in [0.25, 0.3) is 0 Å². The van der Waals surface area contributed by atoms with Crippen molar-refractivity contribution in [2.24, 2.45) is 5.92 Å². The average Bonchev–Trinajstić information content (AvgIpc) is 3.86. The van der Waals surface area contributed by atoms with Crippen LogP contribution in [0.15, 0.2) is 85.1 Å². The number of H-pyrrole nitrogens is 1. The Labute approximate surface area is 403 Å². The Kier molecular flexibility index (Phi) is 18.6. The Bertz CT molecular complexity index is 2340. The van der Waals surface area contributed by atoms with Crippen LogP contribution in [0.3, 0.4) is 0 Å². The number of ketones is 1. The summed E-state index contributed by atoms with van der Waals surface area (Å²) in [5.74, 6) is -2.02. The van der Waals surface area contributed by atoms with Crippen LogP contribution in [0.5, 0.6) is 11.5 Å². The van der Waals surface area contributed by atoms with Crippen molar-refractivity contribution in [2.75, 3.05) is 39.5 Å². The lowest BCUT2D eigenvalue weighted by atomic mass is 9.93. The first-order valence-corrected chi connectivity index (χ1v) is 23.9. The number of carbonyl (C=O) groups is 6. The zero-order chi connectivity index (χ0) is 49.4. The van der Waals surface area contributed by atoms with Crippen LogP contribution < -0.4 is 30.7 Å². The molecule has 0 aliphatic carbocycles. The van der Waals surface area contributed by atoms with Gasteiger partial charge in [0.1, 0.15) is 55.7 Å². The Hall–Kier alpha value is -6.50. The number of aromatic amines is 1. The fraction of sp³-hybridized carbons (Fsp3) is 0.490. The third-order valence-electron chi connectivity index (χ3n) is 12.3. The lowest BCUT2D eigenvalue weighted by molar-refractivity contribution is -0.940. The molecule has 5 N–H and O–H groups in total. The molecule has 2 saturated heterocycles. The number of aryl methyl sites for hydroxylation is 1. The van der Waals surface area contributed by atoms with Gasteiger partial charge in [-0.2, -0.15) is 0 Å². The predicted octanol–water partition coefficient (Wildman–Crippen LogP) is 3.67. The summed E-state index contributed by atoms with van der Waals surface area (Å²) in [6, 6.07) is 20.0. The van der Waals surface area contributed by atoms with Crippen molar-refractivity contribution >= 4 is 35.4 Å². The summed E-state index contributed by atoms with van der Waals surface area (Å²) in [6.07, 6.45) is 3.67. The SMILES string of the molecule is CCCC(=O)Oc1ccc(C[N+]2(CC(=O)N[C@@H](CCc3ccccc3)C(=O)N[C@@H](C)C(=O)N[C@@H](Cc3ccccc3)C(=O)N[C@@H](CC(C)C)C(=O)[C@@]3(C)CO3)CCOCC2)cc1OCc1c[nH]nn1. The van der Waals surface area contributed by atoms with Gasteiger partial charge in [0.25, 0.3) is 5.91 Å². The molecule has 69 heavy (non-hydrogen) atoms. The maximum Gasteiger partial charge on any atom is 0.311 e. The Morgan fingerprint density at radius 3 is 2.10 bits per heavy atom. The van der Waals surface area contributed by atoms with Crippen LogP contribution in [0.1, 0.15) is 82.7 Å². The Morgan fingerprint density at radius 2 is 1.46 bits per heavy atom. The van der Waals surface area contributed by atoms with Crippen molar-refractivity contribution in [2.45, 2.75) is 116 Å². The molecular formula is C51H67N8O10+. The molecule has 2 aliphatic rings. The number of aromatic nitrogens is 3. The molecule has 2 aliphatic heterocycles. The van der Waals surface area contributed by atoms with E-state index in [1.165, 1.54) is 6.92 Å². The molecule has 18 nitrogen and oxygen atoms in total. The van der Waals surface area contributed by atoms with E-state index in [1.54, 1.807) is 25.3 Å². The molecule has 2 fully saturated rings. The summed E-state index contributed by atoms with van der Waals surface area (Å²) in [5, 5.41) is 21.9. The highest BCUT2D eigenvalue weighted by molar-refractivity contribution is 5.98. The highest BCUT2D eigenvalue weighted by atomic mass is 16.6. The van der Waals surface area contributed by atoms with Crippen LogP contribution in [0, 0.1) is 5.92 Å². The van der Waals surface area contributed by atoms with Crippen molar-refractivity contribution in [3.8, 4) is 11.5 Å². The van der Waals surface area contributed by atoms with Crippen LogP contribution >= 0.6 is 0 Å². The largest absolute Gasteiger partial charge is 0.483 e. The Balaban J connectivity index is 1.16. The summed E-state index contributed by atoms with van der Waals surface area (Å²) in [4.78, 5) is 82.4. The van der Waals surface area contributed by atoms with Gasteiger partial charge < -0.3 is 44.7 Å². The minimum Gasteiger partial charge on any atom is -0.483 e. The van der Waals surface area contributed by atoms with Gasteiger partial charge in [-0.05, 0) is 74.8 Å². The van der Waals surface area contributed by atoms with Gasteiger partial charge in [-0.25, -0.2) is 0 Å². The van der Waals surface area contributed by atoms with Gasteiger partial charge in [0.05, 0.1) is 25.9 Å². The number of benzene rings is 3.